The molecule has 0 fully saturated rings. The molecule has 144 valence electrons. The lowest BCUT2D eigenvalue weighted by Gasteiger charge is -2.29. The molecule has 29 heavy (non-hydrogen) atoms. The molecule has 2 aromatic heterocycles. The van der Waals surface area contributed by atoms with Gasteiger partial charge in [0.1, 0.15) is 5.82 Å². The number of nitrogens with one attached hydrogen (secondary N) is 2. The normalized spacial score (nSPS) is 13.3. The van der Waals surface area contributed by atoms with E-state index in [0.29, 0.717) is 19.0 Å². The van der Waals surface area contributed by atoms with Crippen LogP contribution in [0.5, 0.6) is 0 Å². The SMILES string of the molecule is O=c1ccc2c([nH]1)CCN(c1nc(NCc3ccccc3)c3ccccc3n1)C2. The van der Waals surface area contributed by atoms with Gasteiger partial charge in [-0.2, -0.15) is 4.98 Å². The Balaban J connectivity index is 1.48. The Morgan fingerprint density at radius 2 is 1.79 bits per heavy atom. The molecular formula is C23H21N5O. The van der Waals surface area contributed by atoms with Gasteiger partial charge in [-0.25, -0.2) is 4.98 Å². The van der Waals surface area contributed by atoms with E-state index in [9.17, 15) is 4.79 Å². The molecule has 3 heterocycles. The Bertz CT molecular complexity index is 1220. The Kier molecular flexibility index (Phi) is 4.44. The molecule has 0 saturated heterocycles. The first kappa shape index (κ1) is 17.4. The van der Waals surface area contributed by atoms with Gasteiger partial charge < -0.3 is 15.2 Å². The van der Waals surface area contributed by atoms with Gasteiger partial charge in [0, 0.05) is 43.2 Å². The van der Waals surface area contributed by atoms with Crippen molar-refractivity contribution in [3.05, 3.63) is 93.9 Å². The van der Waals surface area contributed by atoms with Crippen LogP contribution in [0.2, 0.25) is 0 Å². The largest absolute Gasteiger partial charge is 0.365 e. The van der Waals surface area contributed by atoms with E-state index in [-0.39, 0.29) is 5.56 Å². The highest BCUT2D eigenvalue weighted by Crippen LogP contribution is 2.26. The van der Waals surface area contributed by atoms with Gasteiger partial charge in [-0.15, -0.1) is 0 Å². The van der Waals surface area contributed by atoms with E-state index in [1.54, 1.807) is 6.07 Å². The number of fused-ring (bicyclic) bond motifs is 2. The smallest absolute Gasteiger partial charge is 0.248 e. The van der Waals surface area contributed by atoms with Gasteiger partial charge in [-0.05, 0) is 23.3 Å². The van der Waals surface area contributed by atoms with Gasteiger partial charge in [-0.3, -0.25) is 4.79 Å². The zero-order valence-electron chi connectivity index (χ0n) is 15.9. The van der Waals surface area contributed by atoms with Gasteiger partial charge in [0.25, 0.3) is 0 Å². The lowest BCUT2D eigenvalue weighted by atomic mass is 10.1. The monoisotopic (exact) mass is 383 g/mol. The number of aromatic amines is 1. The molecule has 6 nitrogen and oxygen atoms in total. The Hall–Kier alpha value is -3.67. The van der Waals surface area contributed by atoms with E-state index in [0.717, 1.165) is 40.9 Å². The Morgan fingerprint density at radius 3 is 2.69 bits per heavy atom. The van der Waals surface area contributed by atoms with Crippen molar-refractivity contribution in [1.82, 2.24) is 15.0 Å². The second-order valence-corrected chi connectivity index (χ2v) is 7.23. The first-order valence-corrected chi connectivity index (χ1v) is 9.77. The lowest BCUT2D eigenvalue weighted by molar-refractivity contribution is 0.691. The highest BCUT2D eigenvalue weighted by Gasteiger charge is 2.20. The number of para-hydroxylation sites is 1. The van der Waals surface area contributed by atoms with Crippen molar-refractivity contribution in [3.63, 3.8) is 0 Å². The summed E-state index contributed by atoms with van der Waals surface area (Å²) in [7, 11) is 0. The summed E-state index contributed by atoms with van der Waals surface area (Å²) < 4.78 is 0. The first-order chi connectivity index (χ1) is 14.3. The van der Waals surface area contributed by atoms with Gasteiger partial charge >= 0.3 is 0 Å². The molecular weight excluding hydrogens is 362 g/mol. The molecule has 1 aliphatic rings. The molecule has 0 unspecified atom stereocenters. The van der Waals surface area contributed by atoms with Gasteiger partial charge in [-0.1, -0.05) is 48.5 Å². The molecule has 0 spiro atoms. The highest BCUT2D eigenvalue weighted by atomic mass is 16.1. The summed E-state index contributed by atoms with van der Waals surface area (Å²) in [6, 6.07) is 21.8. The number of H-pyrrole nitrogens is 1. The lowest BCUT2D eigenvalue weighted by Crippen LogP contribution is -2.33. The second kappa shape index (κ2) is 7.39. The van der Waals surface area contributed by atoms with Crippen molar-refractivity contribution in [1.29, 1.82) is 0 Å². The summed E-state index contributed by atoms with van der Waals surface area (Å²) in [6.45, 7) is 2.15. The van der Waals surface area contributed by atoms with Gasteiger partial charge in [0.15, 0.2) is 0 Å². The number of hydrogen-bond acceptors (Lipinski definition) is 5. The molecule has 2 aromatic carbocycles. The van der Waals surface area contributed by atoms with E-state index in [4.69, 9.17) is 9.97 Å². The molecule has 0 amide bonds. The zero-order chi connectivity index (χ0) is 19.6. The fraction of sp³-hybridized carbons (Fsp3) is 0.174. The van der Waals surface area contributed by atoms with E-state index >= 15 is 0 Å². The molecule has 0 bridgehead atoms. The maximum absolute atomic E-state index is 11.6. The van der Waals surface area contributed by atoms with Crippen LogP contribution < -0.4 is 15.8 Å². The number of benzene rings is 2. The minimum absolute atomic E-state index is 0.0495. The predicted molar refractivity (Wildman–Crippen MR) is 115 cm³/mol. The molecule has 6 heteroatoms. The van der Waals surface area contributed by atoms with Crippen molar-refractivity contribution in [3.8, 4) is 0 Å². The van der Waals surface area contributed by atoms with E-state index in [2.05, 4.69) is 27.3 Å². The fourth-order valence-corrected chi connectivity index (χ4v) is 3.74. The summed E-state index contributed by atoms with van der Waals surface area (Å²) in [6.07, 6.45) is 0.772. The molecule has 0 aliphatic carbocycles. The quantitative estimate of drug-likeness (QED) is 0.564. The number of pyridine rings is 1. The molecule has 4 aromatic rings. The third-order valence-corrected chi connectivity index (χ3v) is 5.27. The minimum atomic E-state index is -0.0495. The van der Waals surface area contributed by atoms with Crippen molar-refractivity contribution < 1.29 is 0 Å². The maximum Gasteiger partial charge on any atom is 0.248 e. The molecule has 0 saturated carbocycles. The van der Waals surface area contributed by atoms with Gasteiger partial charge in [0.05, 0.1) is 5.52 Å². The topological polar surface area (TPSA) is 73.9 Å². The molecule has 5 rings (SSSR count). The van der Waals surface area contributed by atoms with Crippen molar-refractivity contribution >= 4 is 22.7 Å². The van der Waals surface area contributed by atoms with Crippen LogP contribution in [0, 0.1) is 0 Å². The van der Waals surface area contributed by atoms with Crippen molar-refractivity contribution in [2.24, 2.45) is 0 Å². The van der Waals surface area contributed by atoms with E-state index in [1.807, 2.05) is 48.5 Å². The van der Waals surface area contributed by atoms with Crippen LogP contribution >= 0.6 is 0 Å². The summed E-state index contributed by atoms with van der Waals surface area (Å²) >= 11 is 0. The highest BCUT2D eigenvalue weighted by molar-refractivity contribution is 5.90. The molecule has 0 radical (unpaired) electrons. The standard InChI is InChI=1S/C23H21N5O/c29-21-11-10-17-15-28(13-12-19(17)25-21)23-26-20-9-5-4-8-18(20)22(27-23)24-14-16-6-2-1-3-7-16/h1-11H,12-15H2,(H,25,29)(H,24,26,27). The van der Waals surface area contributed by atoms with Crippen LogP contribution in [0.4, 0.5) is 11.8 Å². The maximum atomic E-state index is 11.6. The summed E-state index contributed by atoms with van der Waals surface area (Å²) in [5.41, 5.74) is 4.20. The molecule has 2 N–H and O–H groups in total. The van der Waals surface area contributed by atoms with Crippen LogP contribution in [-0.2, 0) is 19.5 Å². The van der Waals surface area contributed by atoms with Crippen LogP contribution in [-0.4, -0.2) is 21.5 Å². The van der Waals surface area contributed by atoms with Crippen molar-refractivity contribution in [2.45, 2.75) is 19.5 Å². The fourth-order valence-electron chi connectivity index (χ4n) is 3.74. The van der Waals surface area contributed by atoms with Crippen LogP contribution in [0.25, 0.3) is 10.9 Å². The molecule has 1 aliphatic heterocycles. The average molecular weight is 383 g/mol. The third kappa shape index (κ3) is 3.57. The second-order valence-electron chi connectivity index (χ2n) is 7.23. The average Bonchev–Trinajstić information content (AvgIpc) is 2.77. The number of hydrogen-bond donors (Lipinski definition) is 2. The summed E-state index contributed by atoms with van der Waals surface area (Å²) in [4.78, 5) is 26.4. The number of anilines is 2. The predicted octanol–water partition coefficient (Wildman–Crippen LogP) is 3.49. The summed E-state index contributed by atoms with van der Waals surface area (Å²) in [5.74, 6) is 1.54. The van der Waals surface area contributed by atoms with Crippen LogP contribution in [0.1, 0.15) is 16.8 Å². The van der Waals surface area contributed by atoms with E-state index in [1.165, 1.54) is 5.56 Å². The van der Waals surface area contributed by atoms with Crippen LogP contribution in [0.15, 0.2) is 71.5 Å². The van der Waals surface area contributed by atoms with E-state index < -0.39 is 0 Å². The Morgan fingerprint density at radius 1 is 0.966 bits per heavy atom. The first-order valence-electron chi connectivity index (χ1n) is 9.77. The Labute approximate surface area is 168 Å². The third-order valence-electron chi connectivity index (χ3n) is 5.27. The summed E-state index contributed by atoms with van der Waals surface area (Å²) in [5, 5.41) is 4.49. The number of aromatic nitrogens is 3. The number of rotatable bonds is 4. The zero-order valence-corrected chi connectivity index (χ0v) is 15.9. The van der Waals surface area contributed by atoms with Gasteiger partial charge in [0.2, 0.25) is 11.5 Å². The minimum Gasteiger partial charge on any atom is -0.365 e. The van der Waals surface area contributed by atoms with Crippen molar-refractivity contribution in [2.75, 3.05) is 16.8 Å². The number of nitrogens with zero attached hydrogens (tertiary/aromatic N) is 3. The molecule has 0 atom stereocenters. The van der Waals surface area contributed by atoms with Crippen LogP contribution in [0.3, 0.4) is 0 Å².